The molecule has 0 spiro atoms. The van der Waals surface area contributed by atoms with Gasteiger partial charge in [0.1, 0.15) is 23.0 Å². The van der Waals surface area contributed by atoms with E-state index in [2.05, 4.69) is 136 Å². The monoisotopic (exact) mass is 720 g/mol. The number of aromatic nitrogens is 4. The van der Waals surface area contributed by atoms with Crippen LogP contribution in [0, 0.1) is 25.7 Å². The normalized spacial score (nSPS) is 11.9. The lowest BCUT2D eigenvalue weighted by Gasteiger charge is -2.14. The van der Waals surface area contributed by atoms with Crippen molar-refractivity contribution in [2.75, 3.05) is 0 Å². The highest BCUT2D eigenvalue weighted by Crippen LogP contribution is 2.35. The lowest BCUT2D eigenvalue weighted by molar-refractivity contribution is 0.481. The highest BCUT2D eigenvalue weighted by atomic mass is 16.5. The van der Waals surface area contributed by atoms with Gasteiger partial charge in [-0.05, 0) is 163 Å². The summed E-state index contributed by atoms with van der Waals surface area (Å²) in [4.78, 5) is 18.9. The average Bonchev–Trinajstić information content (AvgIpc) is 3.47. The van der Waals surface area contributed by atoms with E-state index in [-0.39, 0.29) is 6.71 Å². The SMILES string of the molecule is Cc1ccnc(-c2cc(CC(C)C)cc(Oc3ccc4c(c3)B(c3ncccn3)c3cc(Oc5cc(CC(C)C)cc(-c6cc(C)ccn6)c5)ccc3-4)c2)c1. The molecule has 4 aromatic carbocycles. The van der Waals surface area contributed by atoms with Gasteiger partial charge < -0.3 is 9.47 Å². The third kappa shape index (κ3) is 8.07. The minimum atomic E-state index is -0.197. The number of rotatable bonds is 11. The molecule has 0 aliphatic carbocycles. The first-order valence-electron chi connectivity index (χ1n) is 19.2. The Morgan fingerprint density at radius 3 is 1.40 bits per heavy atom. The fourth-order valence-corrected chi connectivity index (χ4v) is 7.66. The number of fused-ring (bicyclic) bond motifs is 3. The molecule has 0 radical (unpaired) electrons. The summed E-state index contributed by atoms with van der Waals surface area (Å²) in [5.74, 6) is 4.10. The number of hydrogen-bond acceptors (Lipinski definition) is 6. The highest BCUT2D eigenvalue weighted by molar-refractivity contribution is 6.98. The molecule has 7 heteroatoms. The zero-order valence-corrected chi connectivity index (χ0v) is 32.4. The molecule has 3 aromatic heterocycles. The minimum Gasteiger partial charge on any atom is -0.457 e. The van der Waals surface area contributed by atoms with Gasteiger partial charge in [0.2, 0.25) is 0 Å². The molecular formula is C48H45BN4O2. The van der Waals surface area contributed by atoms with Crippen molar-refractivity contribution >= 4 is 23.4 Å². The molecule has 272 valence electrons. The van der Waals surface area contributed by atoms with Crippen LogP contribution in [-0.2, 0) is 12.8 Å². The Hall–Kier alpha value is -6.08. The molecule has 55 heavy (non-hydrogen) atoms. The molecule has 0 N–H and O–H groups in total. The quantitative estimate of drug-likeness (QED) is 0.124. The van der Waals surface area contributed by atoms with Crippen molar-refractivity contribution < 1.29 is 9.47 Å². The van der Waals surface area contributed by atoms with Crippen LogP contribution in [0.4, 0.5) is 0 Å². The third-order valence-electron chi connectivity index (χ3n) is 9.92. The molecule has 6 nitrogen and oxygen atoms in total. The van der Waals surface area contributed by atoms with E-state index < -0.39 is 0 Å². The van der Waals surface area contributed by atoms with Gasteiger partial charge in [-0.2, -0.15) is 0 Å². The van der Waals surface area contributed by atoms with Gasteiger partial charge in [0.25, 0.3) is 6.71 Å². The summed E-state index contributed by atoms with van der Waals surface area (Å²) in [6.07, 6.45) is 9.24. The predicted molar refractivity (Wildman–Crippen MR) is 225 cm³/mol. The molecule has 0 saturated heterocycles. The molecule has 1 aliphatic rings. The van der Waals surface area contributed by atoms with E-state index >= 15 is 0 Å². The van der Waals surface area contributed by atoms with Crippen molar-refractivity contribution in [2.45, 2.75) is 54.4 Å². The van der Waals surface area contributed by atoms with Crippen LogP contribution in [0.2, 0.25) is 0 Å². The third-order valence-corrected chi connectivity index (χ3v) is 9.92. The first kappa shape index (κ1) is 35.9. The van der Waals surface area contributed by atoms with Gasteiger partial charge in [0.05, 0.1) is 17.1 Å². The fourth-order valence-electron chi connectivity index (χ4n) is 7.66. The van der Waals surface area contributed by atoms with Crippen LogP contribution < -0.4 is 26.1 Å². The van der Waals surface area contributed by atoms with E-state index in [0.717, 1.165) is 86.1 Å². The summed E-state index contributed by atoms with van der Waals surface area (Å²) in [6, 6.07) is 35.8. The fraction of sp³-hybridized carbons (Fsp3) is 0.208. The number of aryl methyl sites for hydroxylation is 2. The topological polar surface area (TPSA) is 70.0 Å². The molecule has 7 aromatic rings. The van der Waals surface area contributed by atoms with E-state index in [1.54, 1.807) is 0 Å². The van der Waals surface area contributed by atoms with Gasteiger partial charge in [0, 0.05) is 35.9 Å². The second kappa shape index (κ2) is 15.3. The minimum absolute atomic E-state index is 0.197. The van der Waals surface area contributed by atoms with Crippen molar-refractivity contribution in [3.8, 4) is 56.6 Å². The maximum Gasteiger partial charge on any atom is 0.291 e. The van der Waals surface area contributed by atoms with E-state index in [4.69, 9.17) is 19.4 Å². The molecule has 0 amide bonds. The lowest BCUT2D eigenvalue weighted by Crippen LogP contribution is -2.51. The second-order valence-electron chi connectivity index (χ2n) is 15.6. The Morgan fingerprint density at radius 1 is 0.491 bits per heavy atom. The van der Waals surface area contributed by atoms with E-state index in [9.17, 15) is 0 Å². The van der Waals surface area contributed by atoms with Crippen LogP contribution >= 0.6 is 0 Å². The highest BCUT2D eigenvalue weighted by Gasteiger charge is 2.36. The van der Waals surface area contributed by atoms with E-state index in [0.29, 0.717) is 11.8 Å². The summed E-state index contributed by atoms with van der Waals surface area (Å²) in [5.41, 5.74) is 14.0. The largest absolute Gasteiger partial charge is 0.457 e. The zero-order chi connectivity index (χ0) is 38.1. The van der Waals surface area contributed by atoms with Crippen LogP contribution in [0.1, 0.15) is 49.9 Å². The van der Waals surface area contributed by atoms with Gasteiger partial charge in [0.15, 0.2) is 0 Å². The molecule has 0 bridgehead atoms. The number of nitrogens with zero attached hydrogens (tertiary/aromatic N) is 4. The molecular weight excluding hydrogens is 675 g/mol. The van der Waals surface area contributed by atoms with Crippen molar-refractivity contribution in [3.63, 3.8) is 0 Å². The van der Waals surface area contributed by atoms with Crippen LogP contribution in [0.25, 0.3) is 33.6 Å². The molecule has 0 fully saturated rings. The van der Waals surface area contributed by atoms with Crippen LogP contribution in [-0.4, -0.2) is 26.6 Å². The Bertz CT molecular complexity index is 2340. The summed E-state index contributed by atoms with van der Waals surface area (Å²) in [5, 5.41) is 0. The van der Waals surface area contributed by atoms with Gasteiger partial charge in [-0.25, -0.2) is 0 Å². The zero-order valence-electron chi connectivity index (χ0n) is 32.4. The maximum atomic E-state index is 6.70. The summed E-state index contributed by atoms with van der Waals surface area (Å²) in [6.45, 7) is 12.9. The Labute approximate surface area is 324 Å². The van der Waals surface area contributed by atoms with Crippen LogP contribution in [0.15, 0.2) is 128 Å². The molecule has 0 unspecified atom stereocenters. The number of pyridine rings is 2. The Morgan fingerprint density at radius 2 is 0.964 bits per heavy atom. The first-order valence-corrected chi connectivity index (χ1v) is 19.2. The van der Waals surface area contributed by atoms with E-state index in [1.807, 2.05) is 43.0 Å². The molecule has 0 saturated carbocycles. The van der Waals surface area contributed by atoms with Crippen LogP contribution in [0.3, 0.4) is 0 Å². The van der Waals surface area contributed by atoms with Gasteiger partial charge in [-0.3, -0.25) is 19.9 Å². The summed E-state index contributed by atoms with van der Waals surface area (Å²) >= 11 is 0. The number of hydrogen-bond donors (Lipinski definition) is 0. The molecule has 8 rings (SSSR count). The maximum absolute atomic E-state index is 6.70. The average molecular weight is 721 g/mol. The van der Waals surface area contributed by atoms with Crippen LogP contribution in [0.5, 0.6) is 23.0 Å². The number of benzene rings is 4. The van der Waals surface area contributed by atoms with Crippen molar-refractivity contribution in [1.29, 1.82) is 0 Å². The molecule has 0 atom stereocenters. The van der Waals surface area contributed by atoms with Crippen molar-refractivity contribution in [3.05, 3.63) is 150 Å². The van der Waals surface area contributed by atoms with Crippen molar-refractivity contribution in [1.82, 2.24) is 19.9 Å². The summed E-state index contributed by atoms with van der Waals surface area (Å²) < 4.78 is 13.4. The van der Waals surface area contributed by atoms with Gasteiger partial charge in [-0.1, -0.05) is 50.8 Å². The standard InChI is InChI=1S/C48H45BN4O2/c1-30(2)18-34-22-36(46-20-32(5)12-16-50-46)26-40(24-34)54-38-8-10-42-43-11-9-39(29-45(43)49(44(42)28-38)48-52-14-7-15-53-48)55-41-25-35(19-31(3)4)23-37(27-41)47-21-33(6)13-17-51-47/h7-17,20-31H,18-19H2,1-6H3. The first-order chi connectivity index (χ1) is 26.6. The van der Waals surface area contributed by atoms with Gasteiger partial charge in [-0.15, -0.1) is 0 Å². The predicted octanol–water partition coefficient (Wildman–Crippen LogP) is 9.70. The summed E-state index contributed by atoms with van der Waals surface area (Å²) in [7, 11) is 0. The van der Waals surface area contributed by atoms with E-state index in [1.165, 1.54) is 22.3 Å². The molecule has 1 aliphatic heterocycles. The van der Waals surface area contributed by atoms with Gasteiger partial charge >= 0.3 is 0 Å². The lowest BCUT2D eigenvalue weighted by atomic mass is 9.42. The number of ether oxygens (including phenoxy) is 2. The molecule has 4 heterocycles. The smallest absolute Gasteiger partial charge is 0.291 e. The second-order valence-corrected chi connectivity index (χ2v) is 15.6. The Balaban J connectivity index is 1.15. The Kier molecular flexibility index (Phi) is 10.0. The van der Waals surface area contributed by atoms with Crippen molar-refractivity contribution in [2.24, 2.45) is 11.8 Å².